The van der Waals surface area contributed by atoms with Crippen molar-refractivity contribution in [2.24, 2.45) is 5.92 Å². The Bertz CT molecular complexity index is 502. The molecular weight excluding hydrogens is 264 g/mol. The van der Waals surface area contributed by atoms with E-state index in [4.69, 9.17) is 4.42 Å². The molecule has 1 saturated heterocycles. The first-order valence-electron chi connectivity index (χ1n) is 6.80. The Balaban J connectivity index is 2.00. The average Bonchev–Trinajstić information content (AvgIpc) is 3.00. The van der Waals surface area contributed by atoms with Crippen LogP contribution in [0.25, 0.3) is 0 Å². The van der Waals surface area contributed by atoms with Crippen LogP contribution in [0.5, 0.6) is 0 Å². The first-order chi connectivity index (χ1) is 9.00. The molecule has 1 aromatic heterocycles. The molecule has 0 atom stereocenters. The zero-order chi connectivity index (χ0) is 13.9. The van der Waals surface area contributed by atoms with Crippen LogP contribution in [0, 0.1) is 5.92 Å². The number of rotatable bonds is 6. The van der Waals surface area contributed by atoms with E-state index in [1.165, 1.54) is 4.31 Å². The van der Waals surface area contributed by atoms with E-state index >= 15 is 0 Å². The van der Waals surface area contributed by atoms with Gasteiger partial charge in [-0.2, -0.15) is 4.31 Å². The fourth-order valence-corrected chi connectivity index (χ4v) is 3.58. The van der Waals surface area contributed by atoms with E-state index in [0.29, 0.717) is 31.3 Å². The van der Waals surface area contributed by atoms with Gasteiger partial charge in [-0.25, -0.2) is 8.42 Å². The normalized spacial score (nSPS) is 17.4. The molecule has 2 rings (SSSR count). The quantitative estimate of drug-likeness (QED) is 0.866. The summed E-state index contributed by atoms with van der Waals surface area (Å²) < 4.78 is 31.4. The molecule has 0 unspecified atom stereocenters. The van der Waals surface area contributed by atoms with Gasteiger partial charge >= 0.3 is 0 Å². The third kappa shape index (κ3) is 3.58. The second-order valence-corrected chi connectivity index (χ2v) is 7.23. The first kappa shape index (κ1) is 14.6. The lowest BCUT2D eigenvalue weighted by molar-refractivity contribution is 0.378. The lowest BCUT2D eigenvalue weighted by Gasteiger charge is -2.12. The van der Waals surface area contributed by atoms with Crippen LogP contribution < -0.4 is 5.32 Å². The standard InChI is InChI=1S/C13H22N2O3S/c1-11(2)9-14-10-12-5-6-13(18-12)19(16,17)15-7-3-4-8-15/h5-6,11,14H,3-4,7-10H2,1-2H3. The Morgan fingerprint density at radius 2 is 2.00 bits per heavy atom. The fraction of sp³-hybridized carbons (Fsp3) is 0.692. The van der Waals surface area contributed by atoms with Gasteiger partial charge in [-0.15, -0.1) is 0 Å². The third-order valence-electron chi connectivity index (χ3n) is 3.15. The molecule has 0 aliphatic carbocycles. The van der Waals surface area contributed by atoms with Crippen molar-refractivity contribution in [3.63, 3.8) is 0 Å². The van der Waals surface area contributed by atoms with Gasteiger partial charge in [-0.1, -0.05) is 13.8 Å². The van der Waals surface area contributed by atoms with Crippen molar-refractivity contribution >= 4 is 10.0 Å². The smallest absolute Gasteiger partial charge is 0.276 e. The summed E-state index contributed by atoms with van der Waals surface area (Å²) in [6.07, 6.45) is 1.87. The van der Waals surface area contributed by atoms with Crippen molar-refractivity contribution in [2.45, 2.75) is 38.3 Å². The monoisotopic (exact) mass is 286 g/mol. The van der Waals surface area contributed by atoms with E-state index < -0.39 is 10.0 Å². The van der Waals surface area contributed by atoms with Gasteiger partial charge in [-0.3, -0.25) is 0 Å². The summed E-state index contributed by atoms with van der Waals surface area (Å²) in [6, 6.07) is 3.29. The molecule has 0 radical (unpaired) electrons. The predicted molar refractivity (Wildman–Crippen MR) is 73.2 cm³/mol. The first-order valence-corrected chi connectivity index (χ1v) is 8.24. The topological polar surface area (TPSA) is 62.6 Å². The second kappa shape index (κ2) is 6.07. The molecule has 1 aliphatic rings. The van der Waals surface area contributed by atoms with Crippen LogP contribution in [0.4, 0.5) is 0 Å². The van der Waals surface area contributed by atoms with Gasteiger partial charge in [0.2, 0.25) is 5.09 Å². The van der Waals surface area contributed by atoms with Crippen molar-refractivity contribution in [2.75, 3.05) is 19.6 Å². The van der Waals surface area contributed by atoms with E-state index in [9.17, 15) is 8.42 Å². The van der Waals surface area contributed by atoms with Crippen molar-refractivity contribution in [3.05, 3.63) is 17.9 Å². The second-order valence-electron chi connectivity index (χ2n) is 5.36. The van der Waals surface area contributed by atoms with E-state index in [1.54, 1.807) is 12.1 Å². The van der Waals surface area contributed by atoms with Gasteiger partial charge in [0.15, 0.2) is 0 Å². The maximum Gasteiger partial charge on any atom is 0.276 e. The number of hydrogen-bond acceptors (Lipinski definition) is 4. The fourth-order valence-electron chi connectivity index (χ4n) is 2.13. The number of furan rings is 1. The molecule has 1 aliphatic heterocycles. The highest BCUT2D eigenvalue weighted by Crippen LogP contribution is 2.22. The van der Waals surface area contributed by atoms with Crippen molar-refractivity contribution in [1.82, 2.24) is 9.62 Å². The Morgan fingerprint density at radius 3 is 2.63 bits per heavy atom. The van der Waals surface area contributed by atoms with Crippen LogP contribution in [-0.4, -0.2) is 32.4 Å². The molecule has 0 bridgehead atoms. The highest BCUT2D eigenvalue weighted by molar-refractivity contribution is 7.89. The van der Waals surface area contributed by atoms with Gasteiger partial charge in [-0.05, 0) is 37.4 Å². The molecule has 0 amide bonds. The molecule has 0 spiro atoms. The Labute approximate surface area is 115 Å². The Hall–Kier alpha value is -0.850. The lowest BCUT2D eigenvalue weighted by Crippen LogP contribution is -2.27. The average molecular weight is 286 g/mol. The summed E-state index contributed by atoms with van der Waals surface area (Å²) in [5, 5.41) is 3.30. The van der Waals surface area contributed by atoms with Gasteiger partial charge in [0.25, 0.3) is 10.0 Å². The van der Waals surface area contributed by atoms with Gasteiger partial charge in [0, 0.05) is 13.1 Å². The molecule has 1 N–H and O–H groups in total. The largest absolute Gasteiger partial charge is 0.447 e. The summed E-state index contributed by atoms with van der Waals surface area (Å²) in [7, 11) is -3.42. The molecule has 19 heavy (non-hydrogen) atoms. The predicted octanol–water partition coefficient (Wildman–Crippen LogP) is 1.81. The van der Waals surface area contributed by atoms with Crippen LogP contribution >= 0.6 is 0 Å². The zero-order valence-electron chi connectivity index (χ0n) is 11.6. The molecule has 0 aromatic carbocycles. The molecule has 2 heterocycles. The summed E-state index contributed by atoms with van der Waals surface area (Å²) in [4.78, 5) is 0. The molecule has 6 heteroatoms. The lowest BCUT2D eigenvalue weighted by atomic mass is 10.2. The van der Waals surface area contributed by atoms with Crippen molar-refractivity contribution < 1.29 is 12.8 Å². The summed E-state index contributed by atoms with van der Waals surface area (Å²) in [5.74, 6) is 1.22. The maximum absolute atomic E-state index is 12.2. The summed E-state index contributed by atoms with van der Waals surface area (Å²) >= 11 is 0. The highest BCUT2D eigenvalue weighted by atomic mass is 32.2. The van der Waals surface area contributed by atoms with Gasteiger partial charge < -0.3 is 9.73 Å². The minimum Gasteiger partial charge on any atom is -0.447 e. The van der Waals surface area contributed by atoms with E-state index in [-0.39, 0.29) is 5.09 Å². The number of nitrogens with zero attached hydrogens (tertiary/aromatic N) is 1. The Kier molecular flexibility index (Phi) is 4.65. The molecule has 1 fully saturated rings. The number of hydrogen-bond donors (Lipinski definition) is 1. The van der Waals surface area contributed by atoms with Crippen LogP contribution in [0.15, 0.2) is 21.6 Å². The number of nitrogens with one attached hydrogen (secondary N) is 1. The minimum absolute atomic E-state index is 0.0655. The highest BCUT2D eigenvalue weighted by Gasteiger charge is 2.29. The number of sulfonamides is 1. The maximum atomic E-state index is 12.2. The minimum atomic E-state index is -3.42. The molecule has 108 valence electrons. The Morgan fingerprint density at radius 1 is 1.32 bits per heavy atom. The SMILES string of the molecule is CC(C)CNCc1ccc(S(=O)(=O)N2CCCC2)o1. The van der Waals surface area contributed by atoms with Crippen LogP contribution in [0.1, 0.15) is 32.4 Å². The van der Waals surface area contributed by atoms with Gasteiger partial charge in [0.05, 0.1) is 6.54 Å². The van der Waals surface area contributed by atoms with Crippen LogP contribution in [-0.2, 0) is 16.6 Å². The zero-order valence-corrected chi connectivity index (χ0v) is 12.4. The summed E-state index contributed by atoms with van der Waals surface area (Å²) in [6.45, 7) is 6.90. The third-order valence-corrected chi connectivity index (χ3v) is 4.92. The molecule has 5 nitrogen and oxygen atoms in total. The molecule has 0 saturated carbocycles. The van der Waals surface area contributed by atoms with Crippen molar-refractivity contribution in [1.29, 1.82) is 0 Å². The van der Waals surface area contributed by atoms with Gasteiger partial charge in [0.1, 0.15) is 5.76 Å². The van der Waals surface area contributed by atoms with E-state index in [0.717, 1.165) is 19.4 Å². The van der Waals surface area contributed by atoms with Crippen molar-refractivity contribution in [3.8, 4) is 0 Å². The van der Waals surface area contributed by atoms with Crippen LogP contribution in [0.2, 0.25) is 0 Å². The van der Waals surface area contributed by atoms with E-state index in [1.807, 2.05) is 0 Å². The molecular formula is C13H22N2O3S. The van der Waals surface area contributed by atoms with Crippen LogP contribution in [0.3, 0.4) is 0 Å². The summed E-state index contributed by atoms with van der Waals surface area (Å²) in [5.41, 5.74) is 0. The molecule has 1 aromatic rings. The van der Waals surface area contributed by atoms with E-state index in [2.05, 4.69) is 19.2 Å².